The molecule has 1 heterocycles. The molecule has 1 aromatic heterocycles. The van der Waals surface area contributed by atoms with Gasteiger partial charge in [-0.15, -0.1) is 0 Å². The van der Waals surface area contributed by atoms with Gasteiger partial charge in [0.05, 0.1) is 7.11 Å². The highest BCUT2D eigenvalue weighted by molar-refractivity contribution is 7.94. The molecule has 0 aliphatic heterocycles. The summed E-state index contributed by atoms with van der Waals surface area (Å²) in [5.41, 5.74) is 0.487. The lowest BCUT2D eigenvalue weighted by atomic mass is 10.2. The van der Waals surface area contributed by atoms with E-state index in [1.165, 1.54) is 25.3 Å². The molecule has 134 valence electrons. The van der Waals surface area contributed by atoms with Crippen LogP contribution in [-0.2, 0) is 9.84 Å². The van der Waals surface area contributed by atoms with Crippen molar-refractivity contribution in [2.75, 3.05) is 7.11 Å². The summed E-state index contributed by atoms with van der Waals surface area (Å²) in [6.45, 7) is 0. The van der Waals surface area contributed by atoms with Gasteiger partial charge in [0.25, 0.3) is 4.74 Å². The number of methoxy groups -OCH3 is 1. The maximum atomic E-state index is 12.6. The average molecular weight is 427 g/mol. The first-order chi connectivity index (χ1) is 12.3. The van der Waals surface area contributed by atoms with Crippen LogP contribution in [0.15, 0.2) is 57.6 Å². The smallest absolute Gasteiger partial charge is 0.251 e. The van der Waals surface area contributed by atoms with E-state index in [0.29, 0.717) is 31.4 Å². The predicted octanol–water partition coefficient (Wildman–Crippen LogP) is 5.02. The Labute approximate surface area is 164 Å². The van der Waals surface area contributed by atoms with Gasteiger partial charge in [-0.2, -0.15) is 0 Å². The van der Waals surface area contributed by atoms with Crippen LogP contribution in [0.3, 0.4) is 0 Å². The van der Waals surface area contributed by atoms with Gasteiger partial charge >= 0.3 is 0 Å². The highest BCUT2D eigenvalue weighted by Gasteiger charge is 2.17. The van der Waals surface area contributed by atoms with Crippen molar-refractivity contribution < 1.29 is 13.2 Å². The van der Waals surface area contributed by atoms with Gasteiger partial charge in [-0.3, -0.25) is 4.79 Å². The van der Waals surface area contributed by atoms with Crippen molar-refractivity contribution in [3.63, 3.8) is 0 Å². The van der Waals surface area contributed by atoms with Gasteiger partial charge in [0.2, 0.25) is 9.84 Å². The summed E-state index contributed by atoms with van der Waals surface area (Å²) < 4.78 is 30.4. The van der Waals surface area contributed by atoms with E-state index in [1.54, 1.807) is 30.3 Å². The van der Waals surface area contributed by atoms with Crippen LogP contribution in [0.1, 0.15) is 5.56 Å². The first kappa shape index (κ1) is 18.9. The molecule has 3 rings (SSSR count). The van der Waals surface area contributed by atoms with Crippen LogP contribution in [0.4, 0.5) is 0 Å². The van der Waals surface area contributed by atoms with E-state index in [1.807, 2.05) is 0 Å². The first-order valence-electron chi connectivity index (χ1n) is 7.30. The maximum Gasteiger partial charge on any atom is 0.251 e. The fourth-order valence-corrected chi connectivity index (χ4v) is 4.99. The molecule has 0 spiro atoms. The van der Waals surface area contributed by atoms with Gasteiger partial charge < -0.3 is 4.74 Å². The number of sulfone groups is 1. The molecular formula is C18H12Cl2O4S2. The van der Waals surface area contributed by atoms with Crippen molar-refractivity contribution in [3.05, 3.63) is 73.0 Å². The lowest BCUT2D eigenvalue weighted by molar-refractivity contribution is 0.415. The van der Waals surface area contributed by atoms with Gasteiger partial charge in [0.1, 0.15) is 10.6 Å². The Morgan fingerprint density at radius 3 is 2.54 bits per heavy atom. The quantitative estimate of drug-likeness (QED) is 0.587. The molecule has 26 heavy (non-hydrogen) atoms. The summed E-state index contributed by atoms with van der Waals surface area (Å²) in [6, 6.07) is 11.2. The molecule has 0 unspecified atom stereocenters. The van der Waals surface area contributed by atoms with Crippen molar-refractivity contribution >= 4 is 60.5 Å². The molecule has 0 radical (unpaired) electrons. The maximum absolute atomic E-state index is 12.6. The molecule has 3 aromatic rings. The zero-order valence-corrected chi connectivity index (χ0v) is 16.5. The third-order valence-electron chi connectivity index (χ3n) is 3.61. The summed E-state index contributed by atoms with van der Waals surface area (Å²) in [7, 11) is -2.41. The van der Waals surface area contributed by atoms with Gasteiger partial charge in [0.15, 0.2) is 0 Å². The van der Waals surface area contributed by atoms with Crippen LogP contribution in [-0.4, -0.2) is 15.5 Å². The van der Waals surface area contributed by atoms with E-state index >= 15 is 0 Å². The van der Waals surface area contributed by atoms with Crippen molar-refractivity contribution in [2.45, 2.75) is 4.90 Å². The third kappa shape index (κ3) is 3.94. The number of halogens is 2. The summed E-state index contributed by atoms with van der Waals surface area (Å²) in [5, 5.41) is 2.39. The zero-order valence-electron chi connectivity index (χ0n) is 13.4. The lowest BCUT2D eigenvalue weighted by Gasteiger charge is -2.04. The second-order valence-corrected chi connectivity index (χ2v) is 8.98. The Morgan fingerprint density at radius 1 is 1.08 bits per heavy atom. The number of ether oxygens (including phenoxy) is 1. The number of benzene rings is 2. The van der Waals surface area contributed by atoms with Crippen molar-refractivity contribution in [3.8, 4) is 5.75 Å². The van der Waals surface area contributed by atoms with Crippen molar-refractivity contribution in [1.82, 2.24) is 0 Å². The summed E-state index contributed by atoms with van der Waals surface area (Å²) in [6.07, 6.45) is 1.34. The molecule has 0 atom stereocenters. The minimum Gasteiger partial charge on any atom is -0.497 e. The lowest BCUT2D eigenvalue weighted by Crippen LogP contribution is -2.09. The second kappa shape index (κ2) is 7.40. The van der Waals surface area contributed by atoms with Crippen LogP contribution in [0.25, 0.3) is 16.2 Å². The van der Waals surface area contributed by atoms with Gasteiger partial charge in [-0.1, -0.05) is 40.6 Å². The largest absolute Gasteiger partial charge is 0.497 e. The Morgan fingerprint density at radius 2 is 1.85 bits per heavy atom. The Balaban J connectivity index is 2.05. The summed E-state index contributed by atoms with van der Waals surface area (Å²) in [5.74, 6) is 0.598. The number of rotatable bonds is 4. The zero-order chi connectivity index (χ0) is 18.9. The SMILES string of the molecule is COc1ccc2cc(S(=O)(=O)/C=C/c3ccc(Cl)cc3Cl)c(=O)sc2c1. The van der Waals surface area contributed by atoms with E-state index in [2.05, 4.69) is 0 Å². The second-order valence-electron chi connectivity index (χ2n) is 5.32. The van der Waals surface area contributed by atoms with Gasteiger partial charge in [-0.05, 0) is 53.4 Å². The van der Waals surface area contributed by atoms with E-state index in [4.69, 9.17) is 27.9 Å². The minimum atomic E-state index is -3.93. The van der Waals surface area contributed by atoms with Crippen LogP contribution in [0.5, 0.6) is 5.75 Å². The van der Waals surface area contributed by atoms with Crippen LogP contribution in [0.2, 0.25) is 10.0 Å². The van der Waals surface area contributed by atoms with Crippen LogP contribution < -0.4 is 9.48 Å². The van der Waals surface area contributed by atoms with Crippen LogP contribution in [0, 0.1) is 0 Å². The number of hydrogen-bond donors (Lipinski definition) is 0. The predicted molar refractivity (Wildman–Crippen MR) is 107 cm³/mol. The van der Waals surface area contributed by atoms with Crippen LogP contribution >= 0.6 is 34.5 Å². The molecule has 0 aliphatic rings. The molecule has 0 bridgehead atoms. The van der Waals surface area contributed by atoms with E-state index < -0.39 is 14.6 Å². The molecule has 0 aliphatic carbocycles. The number of fused-ring (bicyclic) bond motifs is 1. The fraction of sp³-hybridized carbons (Fsp3) is 0.0556. The third-order valence-corrected chi connectivity index (χ3v) is 6.69. The summed E-state index contributed by atoms with van der Waals surface area (Å²) >= 11 is 12.7. The van der Waals surface area contributed by atoms with Gasteiger partial charge in [-0.25, -0.2) is 8.42 Å². The Bertz CT molecular complexity index is 1180. The van der Waals surface area contributed by atoms with Crippen molar-refractivity contribution in [2.24, 2.45) is 0 Å². The Kier molecular flexibility index (Phi) is 5.39. The highest BCUT2D eigenvalue weighted by atomic mass is 35.5. The standard InChI is InChI=1S/C18H12Cl2O4S2/c1-24-14-5-3-12-8-17(18(21)25-16(12)10-14)26(22,23)7-6-11-2-4-13(19)9-15(11)20/h2-10H,1H3/b7-6+. The summed E-state index contributed by atoms with van der Waals surface area (Å²) in [4.78, 5) is 12.0. The molecule has 0 amide bonds. The number of hydrogen-bond acceptors (Lipinski definition) is 5. The molecule has 0 N–H and O–H groups in total. The molecule has 2 aromatic carbocycles. The molecule has 0 saturated carbocycles. The molecule has 4 nitrogen and oxygen atoms in total. The Hall–Kier alpha value is -1.86. The monoisotopic (exact) mass is 426 g/mol. The van der Waals surface area contributed by atoms with Gasteiger partial charge in [0, 0.05) is 20.2 Å². The fourth-order valence-electron chi connectivity index (χ4n) is 2.27. The molecule has 0 fully saturated rings. The highest BCUT2D eigenvalue weighted by Crippen LogP contribution is 2.26. The van der Waals surface area contributed by atoms with Crippen molar-refractivity contribution in [1.29, 1.82) is 0 Å². The topological polar surface area (TPSA) is 60.4 Å². The van der Waals surface area contributed by atoms with E-state index in [0.717, 1.165) is 16.7 Å². The first-order valence-corrected chi connectivity index (χ1v) is 10.4. The molecule has 0 saturated heterocycles. The average Bonchev–Trinajstić information content (AvgIpc) is 2.59. The normalized spacial score (nSPS) is 12.0. The molecule has 8 heteroatoms. The van der Waals surface area contributed by atoms with E-state index in [-0.39, 0.29) is 4.90 Å². The minimum absolute atomic E-state index is 0.276. The molecular weight excluding hydrogens is 415 g/mol. The van der Waals surface area contributed by atoms with E-state index in [9.17, 15) is 13.2 Å².